The van der Waals surface area contributed by atoms with Crippen LogP contribution in [-0.4, -0.2) is 12.0 Å². The van der Waals surface area contributed by atoms with Gasteiger partial charge < -0.3 is 5.32 Å². The van der Waals surface area contributed by atoms with Gasteiger partial charge in [0.2, 0.25) is 0 Å². The van der Waals surface area contributed by atoms with Gasteiger partial charge in [-0.05, 0) is 49.2 Å². The van der Waals surface area contributed by atoms with E-state index < -0.39 is 0 Å². The van der Waals surface area contributed by atoms with Crippen LogP contribution in [0.2, 0.25) is 5.02 Å². The van der Waals surface area contributed by atoms with E-state index in [9.17, 15) is 4.39 Å². The zero-order valence-corrected chi connectivity index (χ0v) is 11.7. The van der Waals surface area contributed by atoms with Crippen LogP contribution in [0.1, 0.15) is 22.7 Å². The summed E-state index contributed by atoms with van der Waals surface area (Å²) in [5.41, 5.74) is 3.23. The summed E-state index contributed by atoms with van der Waals surface area (Å²) < 4.78 is 13.1. The predicted molar refractivity (Wildman–Crippen MR) is 75.9 cm³/mol. The van der Waals surface area contributed by atoms with Crippen molar-refractivity contribution in [3.8, 4) is 0 Å². The van der Waals surface area contributed by atoms with E-state index in [-0.39, 0.29) is 16.9 Å². The van der Waals surface area contributed by atoms with Gasteiger partial charge in [-0.1, -0.05) is 23.7 Å². The molecule has 1 heterocycles. The molecule has 0 aliphatic carbocycles. The van der Waals surface area contributed by atoms with Crippen LogP contribution in [-0.2, 0) is 6.42 Å². The third-order valence-corrected chi connectivity index (χ3v) is 3.36. The molecule has 0 amide bonds. The molecule has 0 aliphatic rings. The molecule has 0 fully saturated rings. The molecule has 4 heteroatoms. The summed E-state index contributed by atoms with van der Waals surface area (Å²) in [6, 6.07) is 7.06. The Labute approximate surface area is 117 Å². The van der Waals surface area contributed by atoms with E-state index >= 15 is 0 Å². The van der Waals surface area contributed by atoms with Crippen molar-refractivity contribution in [2.45, 2.75) is 19.4 Å². The predicted octanol–water partition coefficient (Wildman–Crippen LogP) is 3.69. The molecule has 0 saturated carbocycles. The van der Waals surface area contributed by atoms with E-state index in [0.29, 0.717) is 0 Å². The second-order valence-electron chi connectivity index (χ2n) is 4.59. The molecule has 1 atom stereocenters. The normalized spacial score (nSPS) is 12.4. The quantitative estimate of drug-likeness (QED) is 0.923. The summed E-state index contributed by atoms with van der Waals surface area (Å²) >= 11 is 5.80. The van der Waals surface area contributed by atoms with Crippen molar-refractivity contribution in [2.75, 3.05) is 7.05 Å². The van der Waals surface area contributed by atoms with Crippen LogP contribution in [0, 0.1) is 12.7 Å². The van der Waals surface area contributed by atoms with Gasteiger partial charge in [0.1, 0.15) is 5.82 Å². The Bertz CT molecular complexity index is 572. The highest BCUT2D eigenvalue weighted by Gasteiger charge is 2.12. The van der Waals surface area contributed by atoms with Crippen molar-refractivity contribution >= 4 is 11.6 Å². The van der Waals surface area contributed by atoms with Crippen molar-refractivity contribution in [1.82, 2.24) is 10.3 Å². The van der Waals surface area contributed by atoms with Crippen molar-refractivity contribution in [2.24, 2.45) is 0 Å². The number of nitrogens with one attached hydrogen (secondary N) is 1. The topological polar surface area (TPSA) is 24.9 Å². The number of hydrogen-bond donors (Lipinski definition) is 1. The minimum Gasteiger partial charge on any atom is -0.313 e. The Morgan fingerprint density at radius 1 is 1.32 bits per heavy atom. The Morgan fingerprint density at radius 2 is 2.11 bits per heavy atom. The molecule has 1 unspecified atom stereocenters. The molecule has 1 N–H and O–H groups in total. The molecule has 0 saturated heterocycles. The first-order valence-corrected chi connectivity index (χ1v) is 6.50. The fourth-order valence-electron chi connectivity index (χ4n) is 2.06. The van der Waals surface area contributed by atoms with Crippen molar-refractivity contribution in [3.05, 3.63) is 64.2 Å². The molecular formula is C15H16ClFN2. The number of halogens is 2. The SMILES string of the molecule is CNC(Cc1ccc(F)c(Cl)c1)c1cncc(C)c1. The molecule has 100 valence electrons. The fourth-order valence-corrected chi connectivity index (χ4v) is 2.26. The molecule has 0 aliphatic heterocycles. The van der Waals surface area contributed by atoms with Crippen LogP contribution in [0.25, 0.3) is 0 Å². The molecule has 1 aromatic heterocycles. The summed E-state index contributed by atoms with van der Waals surface area (Å²) in [7, 11) is 1.90. The molecule has 2 aromatic rings. The summed E-state index contributed by atoms with van der Waals surface area (Å²) in [5, 5.41) is 3.41. The lowest BCUT2D eigenvalue weighted by molar-refractivity contribution is 0.586. The monoisotopic (exact) mass is 278 g/mol. The fraction of sp³-hybridized carbons (Fsp3) is 0.267. The molecule has 0 radical (unpaired) electrons. The third-order valence-electron chi connectivity index (χ3n) is 3.07. The maximum atomic E-state index is 13.1. The van der Waals surface area contributed by atoms with Crippen LogP contribution >= 0.6 is 11.6 Å². The Morgan fingerprint density at radius 3 is 2.74 bits per heavy atom. The number of likely N-dealkylation sites (N-methyl/N-ethyl adjacent to an activating group) is 1. The van der Waals surface area contributed by atoms with E-state index in [4.69, 9.17) is 11.6 Å². The maximum Gasteiger partial charge on any atom is 0.141 e. The summed E-state index contributed by atoms with van der Waals surface area (Å²) in [6.07, 6.45) is 4.41. The second-order valence-corrected chi connectivity index (χ2v) is 5.00. The number of aryl methyl sites for hydroxylation is 1. The van der Waals surface area contributed by atoms with E-state index in [1.807, 2.05) is 26.4 Å². The average molecular weight is 279 g/mol. The maximum absolute atomic E-state index is 13.1. The Hall–Kier alpha value is -1.45. The van der Waals surface area contributed by atoms with Gasteiger partial charge in [0.25, 0.3) is 0 Å². The second kappa shape index (κ2) is 6.13. The zero-order valence-electron chi connectivity index (χ0n) is 11.0. The number of aromatic nitrogens is 1. The van der Waals surface area contributed by atoms with Crippen LogP contribution < -0.4 is 5.32 Å². The van der Waals surface area contributed by atoms with E-state index in [1.54, 1.807) is 12.1 Å². The van der Waals surface area contributed by atoms with Crippen LogP contribution in [0.5, 0.6) is 0 Å². The largest absolute Gasteiger partial charge is 0.313 e. The molecule has 1 aromatic carbocycles. The van der Waals surface area contributed by atoms with Gasteiger partial charge in [-0.15, -0.1) is 0 Å². The van der Waals surface area contributed by atoms with Gasteiger partial charge >= 0.3 is 0 Å². The van der Waals surface area contributed by atoms with Crippen molar-refractivity contribution in [1.29, 1.82) is 0 Å². The van der Waals surface area contributed by atoms with E-state index in [0.717, 1.165) is 23.1 Å². The Kier molecular flexibility index (Phi) is 4.51. The lowest BCUT2D eigenvalue weighted by Gasteiger charge is -2.17. The highest BCUT2D eigenvalue weighted by atomic mass is 35.5. The number of nitrogens with zero attached hydrogens (tertiary/aromatic N) is 1. The van der Waals surface area contributed by atoms with Gasteiger partial charge in [-0.2, -0.15) is 0 Å². The summed E-state index contributed by atoms with van der Waals surface area (Å²) in [4.78, 5) is 4.20. The lowest BCUT2D eigenvalue weighted by Crippen LogP contribution is -2.19. The molecule has 0 bridgehead atoms. The van der Waals surface area contributed by atoms with Gasteiger partial charge in [-0.3, -0.25) is 4.98 Å². The lowest BCUT2D eigenvalue weighted by atomic mass is 9.99. The van der Waals surface area contributed by atoms with E-state index in [1.165, 1.54) is 6.07 Å². The third kappa shape index (κ3) is 3.52. The minimum atomic E-state index is -0.386. The molecule has 19 heavy (non-hydrogen) atoms. The number of hydrogen-bond acceptors (Lipinski definition) is 2. The highest BCUT2D eigenvalue weighted by Crippen LogP contribution is 2.22. The van der Waals surface area contributed by atoms with Gasteiger partial charge in [0.15, 0.2) is 0 Å². The average Bonchev–Trinajstić information content (AvgIpc) is 2.40. The standard InChI is InChI=1S/C15H16ClFN2/c1-10-5-12(9-19-8-10)15(18-2)7-11-3-4-14(17)13(16)6-11/h3-6,8-9,15,18H,7H2,1-2H3. The van der Waals surface area contributed by atoms with Crippen LogP contribution in [0.4, 0.5) is 4.39 Å². The molecular weight excluding hydrogens is 263 g/mol. The Balaban J connectivity index is 2.21. The molecule has 0 spiro atoms. The van der Waals surface area contributed by atoms with Crippen molar-refractivity contribution < 1.29 is 4.39 Å². The first kappa shape index (κ1) is 14.0. The summed E-state index contributed by atoms with van der Waals surface area (Å²) in [5.74, 6) is -0.386. The molecule has 2 rings (SSSR count). The first-order chi connectivity index (χ1) is 9.10. The van der Waals surface area contributed by atoms with Gasteiger partial charge in [-0.25, -0.2) is 4.39 Å². The van der Waals surface area contributed by atoms with Crippen LogP contribution in [0.3, 0.4) is 0 Å². The van der Waals surface area contributed by atoms with Gasteiger partial charge in [0, 0.05) is 18.4 Å². The molecule has 2 nitrogen and oxygen atoms in total. The van der Waals surface area contributed by atoms with Crippen LogP contribution in [0.15, 0.2) is 36.7 Å². The number of rotatable bonds is 4. The smallest absolute Gasteiger partial charge is 0.141 e. The highest BCUT2D eigenvalue weighted by molar-refractivity contribution is 6.30. The first-order valence-electron chi connectivity index (χ1n) is 6.13. The van der Waals surface area contributed by atoms with Crippen molar-refractivity contribution in [3.63, 3.8) is 0 Å². The number of pyridine rings is 1. The minimum absolute atomic E-state index is 0.133. The number of benzene rings is 1. The van der Waals surface area contributed by atoms with E-state index in [2.05, 4.69) is 16.4 Å². The zero-order chi connectivity index (χ0) is 13.8. The summed E-state index contributed by atoms with van der Waals surface area (Å²) in [6.45, 7) is 2.01. The van der Waals surface area contributed by atoms with Gasteiger partial charge in [0.05, 0.1) is 5.02 Å².